The number of hydrogen-bond acceptors (Lipinski definition) is 4. The third kappa shape index (κ3) is 3.47. The fraction of sp³-hybridized carbons (Fsp3) is 0.636. The molecule has 0 bridgehead atoms. The van der Waals surface area contributed by atoms with Gasteiger partial charge in [-0.15, -0.1) is 0 Å². The first-order chi connectivity index (χ1) is 7.00. The minimum Gasteiger partial charge on any atom is -0.367 e. The van der Waals surface area contributed by atoms with E-state index in [0.717, 1.165) is 36.0 Å². The van der Waals surface area contributed by atoms with Crippen molar-refractivity contribution in [3.8, 4) is 0 Å². The van der Waals surface area contributed by atoms with Gasteiger partial charge < -0.3 is 10.2 Å². The average molecular weight is 208 g/mol. The van der Waals surface area contributed by atoms with Crippen molar-refractivity contribution in [1.29, 1.82) is 0 Å². The highest BCUT2D eigenvalue weighted by Gasteiger charge is 2.04. The van der Waals surface area contributed by atoms with Gasteiger partial charge in [0.2, 0.25) is 0 Å². The number of nitrogens with zero attached hydrogens (tertiary/aromatic N) is 3. The molecule has 1 heterocycles. The summed E-state index contributed by atoms with van der Waals surface area (Å²) in [5.41, 5.74) is 2.97. The molecule has 0 unspecified atom stereocenters. The molecule has 4 nitrogen and oxygen atoms in total. The Labute approximate surface area is 91.7 Å². The second kappa shape index (κ2) is 5.07. The van der Waals surface area contributed by atoms with Crippen molar-refractivity contribution in [3.05, 3.63) is 17.1 Å². The van der Waals surface area contributed by atoms with E-state index in [0.29, 0.717) is 0 Å². The molecule has 0 saturated heterocycles. The minimum atomic E-state index is 0.894. The van der Waals surface area contributed by atoms with Crippen molar-refractivity contribution in [1.82, 2.24) is 14.9 Å². The quantitative estimate of drug-likeness (QED) is 0.811. The van der Waals surface area contributed by atoms with Crippen LogP contribution in [0.2, 0.25) is 0 Å². The Kier molecular flexibility index (Phi) is 4.03. The van der Waals surface area contributed by atoms with E-state index in [1.807, 2.05) is 20.8 Å². The van der Waals surface area contributed by atoms with Crippen LogP contribution in [0.3, 0.4) is 0 Å². The van der Waals surface area contributed by atoms with Crippen molar-refractivity contribution in [3.63, 3.8) is 0 Å². The Morgan fingerprint density at radius 2 is 1.60 bits per heavy atom. The standard InChI is InChI=1S/C11H20N4/c1-8-9(2)14-11(10(3)13-8)12-6-7-15(4)5/h6-7H2,1-5H3,(H,12,14). The zero-order valence-electron chi connectivity index (χ0n) is 10.3. The van der Waals surface area contributed by atoms with Crippen LogP contribution in [0.4, 0.5) is 5.82 Å². The highest BCUT2D eigenvalue weighted by atomic mass is 15.1. The largest absolute Gasteiger partial charge is 0.367 e. The second-order valence-electron chi connectivity index (χ2n) is 4.06. The van der Waals surface area contributed by atoms with Gasteiger partial charge in [0.15, 0.2) is 0 Å². The van der Waals surface area contributed by atoms with E-state index in [9.17, 15) is 0 Å². The van der Waals surface area contributed by atoms with Gasteiger partial charge in [-0.25, -0.2) is 4.98 Å². The summed E-state index contributed by atoms with van der Waals surface area (Å²) in [6.45, 7) is 7.84. The van der Waals surface area contributed by atoms with E-state index in [-0.39, 0.29) is 0 Å². The molecule has 1 aromatic rings. The lowest BCUT2D eigenvalue weighted by Gasteiger charge is -2.13. The maximum absolute atomic E-state index is 4.48. The first-order valence-corrected chi connectivity index (χ1v) is 5.21. The lowest BCUT2D eigenvalue weighted by molar-refractivity contribution is 0.425. The SMILES string of the molecule is Cc1nc(C)c(NCCN(C)C)nc1C. The van der Waals surface area contributed by atoms with Crippen LogP contribution in [0.5, 0.6) is 0 Å². The van der Waals surface area contributed by atoms with Crippen LogP contribution in [0.1, 0.15) is 17.1 Å². The monoisotopic (exact) mass is 208 g/mol. The molecule has 0 amide bonds. The topological polar surface area (TPSA) is 41.1 Å². The summed E-state index contributed by atoms with van der Waals surface area (Å²) in [7, 11) is 4.11. The van der Waals surface area contributed by atoms with Gasteiger partial charge >= 0.3 is 0 Å². The first kappa shape index (κ1) is 11.9. The summed E-state index contributed by atoms with van der Waals surface area (Å²) in [6.07, 6.45) is 0. The van der Waals surface area contributed by atoms with Gasteiger partial charge in [0.25, 0.3) is 0 Å². The predicted octanol–water partition coefficient (Wildman–Crippen LogP) is 1.38. The van der Waals surface area contributed by atoms with Crippen molar-refractivity contribution in [2.45, 2.75) is 20.8 Å². The molecule has 15 heavy (non-hydrogen) atoms. The van der Waals surface area contributed by atoms with Crippen LogP contribution in [-0.4, -0.2) is 42.1 Å². The molecule has 0 aliphatic heterocycles. The van der Waals surface area contributed by atoms with Crippen molar-refractivity contribution >= 4 is 5.82 Å². The van der Waals surface area contributed by atoms with E-state index in [1.165, 1.54) is 0 Å². The number of rotatable bonds is 4. The maximum Gasteiger partial charge on any atom is 0.147 e. The molecule has 0 fully saturated rings. The van der Waals surface area contributed by atoms with Crippen LogP contribution in [0, 0.1) is 20.8 Å². The van der Waals surface area contributed by atoms with E-state index < -0.39 is 0 Å². The number of nitrogens with one attached hydrogen (secondary N) is 1. The molecule has 0 aliphatic rings. The third-order valence-electron chi connectivity index (χ3n) is 2.33. The molecule has 1 aromatic heterocycles. The Balaban J connectivity index is 2.65. The Bertz CT molecular complexity index is 334. The highest BCUT2D eigenvalue weighted by Crippen LogP contribution is 2.11. The van der Waals surface area contributed by atoms with Gasteiger partial charge in [0.05, 0.1) is 17.1 Å². The Morgan fingerprint density at radius 1 is 1.00 bits per heavy atom. The lowest BCUT2D eigenvalue weighted by Crippen LogP contribution is -2.21. The molecule has 1 N–H and O–H groups in total. The van der Waals surface area contributed by atoms with E-state index in [1.54, 1.807) is 0 Å². The number of aromatic nitrogens is 2. The Morgan fingerprint density at radius 3 is 2.20 bits per heavy atom. The fourth-order valence-corrected chi connectivity index (χ4v) is 1.28. The molecule has 0 aliphatic carbocycles. The van der Waals surface area contributed by atoms with Gasteiger partial charge in [-0.05, 0) is 34.9 Å². The lowest BCUT2D eigenvalue weighted by atomic mass is 10.3. The molecule has 0 aromatic carbocycles. The molecule has 84 valence electrons. The van der Waals surface area contributed by atoms with Crippen LogP contribution < -0.4 is 5.32 Å². The molecule has 0 atom stereocenters. The number of hydrogen-bond donors (Lipinski definition) is 1. The number of anilines is 1. The van der Waals surface area contributed by atoms with E-state index in [4.69, 9.17) is 0 Å². The van der Waals surface area contributed by atoms with Gasteiger partial charge in [-0.2, -0.15) is 0 Å². The average Bonchev–Trinajstić information content (AvgIpc) is 2.13. The van der Waals surface area contributed by atoms with Gasteiger partial charge in [-0.1, -0.05) is 0 Å². The summed E-state index contributed by atoms with van der Waals surface area (Å²) in [6, 6.07) is 0. The van der Waals surface area contributed by atoms with Gasteiger partial charge in [-0.3, -0.25) is 4.98 Å². The van der Waals surface area contributed by atoms with Gasteiger partial charge in [0.1, 0.15) is 5.82 Å². The van der Waals surface area contributed by atoms with E-state index in [2.05, 4.69) is 34.3 Å². The van der Waals surface area contributed by atoms with Crippen molar-refractivity contribution in [2.75, 3.05) is 32.5 Å². The maximum atomic E-state index is 4.48. The van der Waals surface area contributed by atoms with Gasteiger partial charge in [0, 0.05) is 13.1 Å². The summed E-state index contributed by atoms with van der Waals surface area (Å²) in [4.78, 5) is 11.0. The van der Waals surface area contributed by atoms with Crippen LogP contribution in [0.25, 0.3) is 0 Å². The molecule has 0 radical (unpaired) electrons. The zero-order valence-corrected chi connectivity index (χ0v) is 10.3. The molecule has 0 saturated carbocycles. The van der Waals surface area contributed by atoms with Crippen LogP contribution in [-0.2, 0) is 0 Å². The Hall–Kier alpha value is -1.16. The predicted molar refractivity (Wildman–Crippen MR) is 63.3 cm³/mol. The molecule has 1 rings (SSSR count). The number of likely N-dealkylation sites (N-methyl/N-ethyl adjacent to an activating group) is 1. The van der Waals surface area contributed by atoms with Crippen molar-refractivity contribution < 1.29 is 0 Å². The molecular formula is C11H20N4. The highest BCUT2D eigenvalue weighted by molar-refractivity contribution is 5.40. The van der Waals surface area contributed by atoms with Crippen LogP contribution >= 0.6 is 0 Å². The number of aryl methyl sites for hydroxylation is 3. The summed E-state index contributed by atoms with van der Waals surface area (Å²) >= 11 is 0. The smallest absolute Gasteiger partial charge is 0.147 e. The normalized spacial score (nSPS) is 10.8. The second-order valence-corrected chi connectivity index (χ2v) is 4.06. The summed E-state index contributed by atoms with van der Waals surface area (Å²) in [5.74, 6) is 0.903. The third-order valence-corrected chi connectivity index (χ3v) is 2.33. The summed E-state index contributed by atoms with van der Waals surface area (Å²) < 4.78 is 0. The minimum absolute atomic E-state index is 0.894. The zero-order chi connectivity index (χ0) is 11.4. The fourth-order valence-electron chi connectivity index (χ4n) is 1.28. The first-order valence-electron chi connectivity index (χ1n) is 5.21. The molecular weight excluding hydrogens is 188 g/mol. The molecule has 0 spiro atoms. The molecule has 4 heteroatoms. The van der Waals surface area contributed by atoms with Crippen molar-refractivity contribution in [2.24, 2.45) is 0 Å². The summed E-state index contributed by atoms with van der Waals surface area (Å²) in [5, 5.41) is 3.30. The van der Waals surface area contributed by atoms with Crippen LogP contribution in [0.15, 0.2) is 0 Å². The van der Waals surface area contributed by atoms with E-state index >= 15 is 0 Å².